The van der Waals surface area contributed by atoms with Gasteiger partial charge in [0.2, 0.25) is 0 Å². The number of aliphatic hydroxyl groups excluding tert-OH is 1. The maximum Gasteiger partial charge on any atom is 0.153 e. The standard InChI is InChI=1S/C6H12O3S/c1-2-10(8,9)6-3-5(6)4-7/h5-7H,2-4H2,1H3/t5-,6+/m1/s1. The summed E-state index contributed by atoms with van der Waals surface area (Å²) in [4.78, 5) is 0. The lowest BCUT2D eigenvalue weighted by Crippen LogP contribution is -2.12. The predicted octanol–water partition coefficient (Wildman–Crippen LogP) is -0.198. The first-order valence-electron chi connectivity index (χ1n) is 3.44. The van der Waals surface area contributed by atoms with Crippen LogP contribution in [0.25, 0.3) is 0 Å². The minimum atomic E-state index is -2.85. The molecule has 2 atom stereocenters. The van der Waals surface area contributed by atoms with Gasteiger partial charge in [-0.15, -0.1) is 0 Å². The summed E-state index contributed by atoms with van der Waals surface area (Å²) in [5, 5.41) is 8.34. The lowest BCUT2D eigenvalue weighted by Gasteiger charge is -1.95. The average molecular weight is 164 g/mol. The van der Waals surface area contributed by atoms with Gasteiger partial charge in [0.25, 0.3) is 0 Å². The van der Waals surface area contributed by atoms with Crippen LogP contribution in [-0.2, 0) is 9.84 Å². The Labute approximate surface area is 61.0 Å². The summed E-state index contributed by atoms with van der Waals surface area (Å²) < 4.78 is 22.0. The van der Waals surface area contributed by atoms with Gasteiger partial charge >= 0.3 is 0 Å². The van der Waals surface area contributed by atoms with E-state index < -0.39 is 9.84 Å². The second-order valence-corrected chi connectivity index (χ2v) is 5.18. The summed E-state index contributed by atoms with van der Waals surface area (Å²) >= 11 is 0. The van der Waals surface area contributed by atoms with Gasteiger partial charge in [-0.05, 0) is 12.3 Å². The monoisotopic (exact) mass is 164 g/mol. The Bertz CT molecular complexity index is 207. The summed E-state index contributed by atoms with van der Waals surface area (Å²) in [6.07, 6.45) is 0.659. The molecule has 1 aliphatic rings. The van der Waals surface area contributed by atoms with E-state index in [1.807, 2.05) is 0 Å². The van der Waals surface area contributed by atoms with Gasteiger partial charge in [-0.2, -0.15) is 0 Å². The van der Waals surface area contributed by atoms with E-state index in [1.165, 1.54) is 0 Å². The first-order chi connectivity index (χ1) is 4.61. The second kappa shape index (κ2) is 2.51. The van der Waals surface area contributed by atoms with Crippen LogP contribution in [0.2, 0.25) is 0 Å². The molecule has 0 bridgehead atoms. The molecule has 0 spiro atoms. The van der Waals surface area contributed by atoms with Crippen molar-refractivity contribution in [3.8, 4) is 0 Å². The Morgan fingerprint density at radius 3 is 2.50 bits per heavy atom. The number of rotatable bonds is 3. The maximum atomic E-state index is 11.0. The van der Waals surface area contributed by atoms with E-state index in [0.29, 0.717) is 6.42 Å². The smallest absolute Gasteiger partial charge is 0.153 e. The minimum Gasteiger partial charge on any atom is -0.396 e. The van der Waals surface area contributed by atoms with E-state index in [4.69, 9.17) is 5.11 Å². The maximum absolute atomic E-state index is 11.0. The molecule has 1 aliphatic carbocycles. The van der Waals surface area contributed by atoms with Crippen molar-refractivity contribution in [2.24, 2.45) is 5.92 Å². The van der Waals surface area contributed by atoms with E-state index in [1.54, 1.807) is 6.92 Å². The summed E-state index contributed by atoms with van der Waals surface area (Å²) in [7, 11) is -2.85. The van der Waals surface area contributed by atoms with Crippen LogP contribution in [-0.4, -0.2) is 31.1 Å². The molecule has 3 nitrogen and oxygen atoms in total. The molecule has 0 saturated heterocycles. The molecule has 1 N–H and O–H groups in total. The first-order valence-corrected chi connectivity index (χ1v) is 5.15. The molecular formula is C6H12O3S. The van der Waals surface area contributed by atoms with Crippen molar-refractivity contribution in [3.63, 3.8) is 0 Å². The third-order valence-electron chi connectivity index (χ3n) is 1.96. The number of hydrogen-bond donors (Lipinski definition) is 1. The summed E-state index contributed by atoms with van der Waals surface area (Å²) in [5.41, 5.74) is 0. The molecule has 0 aromatic heterocycles. The minimum absolute atomic E-state index is 0.0178. The van der Waals surface area contributed by atoms with Crippen LogP contribution in [0.3, 0.4) is 0 Å². The number of aliphatic hydroxyl groups is 1. The third kappa shape index (κ3) is 1.32. The van der Waals surface area contributed by atoms with Gasteiger partial charge in [-0.1, -0.05) is 6.92 Å². The highest BCUT2D eigenvalue weighted by atomic mass is 32.2. The van der Waals surface area contributed by atoms with E-state index in [2.05, 4.69) is 0 Å². The quantitative estimate of drug-likeness (QED) is 0.628. The Kier molecular flexibility index (Phi) is 2.01. The molecule has 0 aromatic carbocycles. The number of hydrogen-bond acceptors (Lipinski definition) is 3. The van der Waals surface area contributed by atoms with E-state index in [0.717, 1.165) is 0 Å². The van der Waals surface area contributed by atoms with Crippen molar-refractivity contribution in [1.29, 1.82) is 0 Å². The van der Waals surface area contributed by atoms with Gasteiger partial charge in [0, 0.05) is 12.4 Å². The van der Waals surface area contributed by atoms with Gasteiger partial charge in [-0.25, -0.2) is 8.42 Å². The highest BCUT2D eigenvalue weighted by Gasteiger charge is 2.45. The molecule has 0 radical (unpaired) electrons. The molecule has 0 amide bonds. The molecular weight excluding hydrogens is 152 g/mol. The van der Waals surface area contributed by atoms with Crippen molar-refractivity contribution >= 4 is 9.84 Å². The zero-order valence-corrected chi connectivity index (χ0v) is 6.76. The molecule has 10 heavy (non-hydrogen) atoms. The van der Waals surface area contributed by atoms with Crippen LogP contribution in [0.1, 0.15) is 13.3 Å². The fourth-order valence-electron chi connectivity index (χ4n) is 1.07. The van der Waals surface area contributed by atoms with Crippen molar-refractivity contribution in [1.82, 2.24) is 0 Å². The topological polar surface area (TPSA) is 54.4 Å². The largest absolute Gasteiger partial charge is 0.396 e. The van der Waals surface area contributed by atoms with Crippen LogP contribution in [0, 0.1) is 5.92 Å². The van der Waals surface area contributed by atoms with E-state index in [9.17, 15) is 8.42 Å². The zero-order chi connectivity index (χ0) is 7.78. The van der Waals surface area contributed by atoms with Crippen LogP contribution in [0.4, 0.5) is 0 Å². The molecule has 1 rings (SSSR count). The van der Waals surface area contributed by atoms with Gasteiger partial charge in [0.1, 0.15) is 0 Å². The molecule has 1 saturated carbocycles. The second-order valence-electron chi connectivity index (χ2n) is 2.67. The molecule has 0 aliphatic heterocycles. The summed E-state index contributed by atoms with van der Waals surface area (Å²) in [6, 6.07) is 0. The van der Waals surface area contributed by atoms with E-state index in [-0.39, 0.29) is 23.5 Å². The predicted molar refractivity (Wildman–Crippen MR) is 38.4 cm³/mol. The molecule has 1 fully saturated rings. The van der Waals surface area contributed by atoms with Crippen LogP contribution in [0.15, 0.2) is 0 Å². The fraction of sp³-hybridized carbons (Fsp3) is 1.00. The van der Waals surface area contributed by atoms with Gasteiger partial charge < -0.3 is 5.11 Å². The Balaban J connectivity index is 2.55. The van der Waals surface area contributed by atoms with Crippen molar-refractivity contribution in [2.75, 3.05) is 12.4 Å². The molecule has 0 aromatic rings. The lowest BCUT2D eigenvalue weighted by atomic mass is 10.5. The van der Waals surface area contributed by atoms with Crippen LogP contribution in [0.5, 0.6) is 0 Å². The fourth-order valence-corrected chi connectivity index (χ4v) is 2.71. The molecule has 0 unspecified atom stereocenters. The van der Waals surface area contributed by atoms with Crippen molar-refractivity contribution < 1.29 is 13.5 Å². The first kappa shape index (κ1) is 8.01. The molecule has 60 valence electrons. The van der Waals surface area contributed by atoms with E-state index >= 15 is 0 Å². The third-order valence-corrected chi connectivity index (χ3v) is 4.26. The van der Waals surface area contributed by atoms with Gasteiger partial charge in [0.15, 0.2) is 9.84 Å². The normalized spacial score (nSPS) is 32.2. The number of sulfone groups is 1. The zero-order valence-electron chi connectivity index (χ0n) is 5.95. The highest BCUT2D eigenvalue weighted by molar-refractivity contribution is 7.92. The Morgan fingerprint density at radius 2 is 2.20 bits per heavy atom. The van der Waals surface area contributed by atoms with Crippen LogP contribution >= 0.6 is 0 Å². The Hall–Kier alpha value is -0.0900. The van der Waals surface area contributed by atoms with Gasteiger partial charge in [0.05, 0.1) is 5.25 Å². The highest BCUT2D eigenvalue weighted by Crippen LogP contribution is 2.36. The molecule has 4 heteroatoms. The SMILES string of the molecule is CCS(=O)(=O)[C@H]1C[C@@H]1CO. The van der Waals surface area contributed by atoms with Crippen LogP contribution < -0.4 is 0 Å². The Morgan fingerprint density at radius 1 is 1.60 bits per heavy atom. The summed E-state index contributed by atoms with van der Waals surface area (Å²) in [6.45, 7) is 1.66. The van der Waals surface area contributed by atoms with Gasteiger partial charge in [-0.3, -0.25) is 0 Å². The average Bonchev–Trinajstić information content (AvgIpc) is 2.66. The van der Waals surface area contributed by atoms with Crippen molar-refractivity contribution in [2.45, 2.75) is 18.6 Å². The molecule has 0 heterocycles. The lowest BCUT2D eigenvalue weighted by molar-refractivity contribution is 0.277. The van der Waals surface area contributed by atoms with Crippen molar-refractivity contribution in [3.05, 3.63) is 0 Å². The summed E-state index contributed by atoms with van der Waals surface area (Å²) in [5.74, 6) is 0.235.